The van der Waals surface area contributed by atoms with Gasteiger partial charge < -0.3 is 15.2 Å². The van der Waals surface area contributed by atoms with E-state index in [9.17, 15) is 13.6 Å². The first-order valence-corrected chi connectivity index (χ1v) is 10.7. The van der Waals surface area contributed by atoms with Crippen molar-refractivity contribution in [3.05, 3.63) is 70.5 Å². The summed E-state index contributed by atoms with van der Waals surface area (Å²) < 4.78 is 36.6. The molecule has 2 aromatic heterocycles. The molecule has 0 aliphatic rings. The van der Waals surface area contributed by atoms with Crippen LogP contribution in [0.15, 0.2) is 64.4 Å². The zero-order valence-corrected chi connectivity index (χ0v) is 19.3. The molecule has 2 N–H and O–H groups in total. The number of halogens is 2. The summed E-state index contributed by atoms with van der Waals surface area (Å²) in [6.07, 6.45) is 1.46. The van der Waals surface area contributed by atoms with Crippen molar-refractivity contribution in [1.82, 2.24) is 14.8 Å². The summed E-state index contributed by atoms with van der Waals surface area (Å²) in [7, 11) is 1.62. The number of fused-ring (bicyclic) bond motifs is 1. The topological polar surface area (TPSA) is 105 Å². The molecule has 0 amide bonds. The van der Waals surface area contributed by atoms with Gasteiger partial charge in [-0.1, -0.05) is 12.1 Å². The minimum absolute atomic E-state index is 0.0266. The van der Waals surface area contributed by atoms with Crippen LogP contribution < -0.4 is 20.8 Å². The molecule has 0 saturated carbocycles. The van der Waals surface area contributed by atoms with Crippen molar-refractivity contribution < 1.29 is 18.3 Å². The molecule has 35 heavy (non-hydrogen) atoms. The molecular weight excluding hydrogens is 456 g/mol. The molecule has 0 fully saturated rings. The normalized spacial score (nSPS) is 11.6. The minimum Gasteiger partial charge on any atom is -0.475 e. The van der Waals surface area contributed by atoms with Gasteiger partial charge in [0.15, 0.2) is 0 Å². The summed E-state index contributed by atoms with van der Waals surface area (Å²) in [5, 5.41) is 4.52. The molecule has 0 radical (unpaired) electrons. The van der Waals surface area contributed by atoms with Crippen LogP contribution in [0.5, 0.6) is 11.6 Å². The maximum Gasteiger partial charge on any atom is 0.387 e. The van der Waals surface area contributed by atoms with E-state index in [-0.39, 0.29) is 17.4 Å². The fourth-order valence-electron chi connectivity index (χ4n) is 3.55. The number of rotatable bonds is 7. The number of nitrogens with two attached hydrogens (primary N) is 1. The van der Waals surface area contributed by atoms with Crippen molar-refractivity contribution in [2.45, 2.75) is 26.6 Å². The largest absolute Gasteiger partial charge is 0.475 e. The highest BCUT2D eigenvalue weighted by atomic mass is 19.3. The van der Waals surface area contributed by atoms with Gasteiger partial charge >= 0.3 is 6.61 Å². The number of pyridine rings is 1. The fourth-order valence-corrected chi connectivity index (χ4v) is 3.55. The molecule has 4 aromatic rings. The van der Waals surface area contributed by atoms with Crippen molar-refractivity contribution >= 4 is 22.9 Å². The number of aliphatic imine (C=N–C) groups is 1. The first kappa shape index (κ1) is 23.8. The van der Waals surface area contributed by atoms with Crippen molar-refractivity contribution in [1.29, 1.82) is 0 Å². The Hall–Kier alpha value is -4.34. The van der Waals surface area contributed by atoms with E-state index in [1.165, 1.54) is 28.9 Å². The van der Waals surface area contributed by atoms with Gasteiger partial charge in [0, 0.05) is 30.6 Å². The molecule has 0 aliphatic heterocycles. The quantitative estimate of drug-likeness (QED) is 0.310. The number of hydrogen-bond donors (Lipinski definition) is 1. The van der Waals surface area contributed by atoms with Crippen LogP contribution in [-0.2, 0) is 0 Å². The lowest BCUT2D eigenvalue weighted by molar-refractivity contribution is -0.0498. The maximum atomic E-state index is 13.7. The number of anilines is 1. The van der Waals surface area contributed by atoms with E-state index < -0.39 is 12.2 Å². The second kappa shape index (κ2) is 9.88. The number of alkyl halides is 2. The minimum atomic E-state index is -2.95. The van der Waals surface area contributed by atoms with Crippen LogP contribution in [0, 0.1) is 0 Å². The van der Waals surface area contributed by atoms with Gasteiger partial charge in [0.25, 0.3) is 5.56 Å². The van der Waals surface area contributed by atoms with E-state index in [0.717, 1.165) is 0 Å². The van der Waals surface area contributed by atoms with E-state index >= 15 is 0 Å². The van der Waals surface area contributed by atoms with Gasteiger partial charge in [-0.15, -0.1) is 0 Å². The molecule has 8 nitrogen and oxygen atoms in total. The molecule has 2 heterocycles. The SMILES string of the molecule is CN=Cc1cc(-n2nc3ccc(OC(C)C)nc3c(-c3ccc(OC(F)F)cc3)c2=O)ccc1N. The van der Waals surface area contributed by atoms with Crippen LogP contribution in [0.3, 0.4) is 0 Å². The van der Waals surface area contributed by atoms with Crippen LogP contribution in [-0.4, -0.2) is 40.7 Å². The summed E-state index contributed by atoms with van der Waals surface area (Å²) in [5.74, 6) is 0.306. The third kappa shape index (κ3) is 5.11. The van der Waals surface area contributed by atoms with Crippen molar-refractivity contribution in [3.8, 4) is 28.4 Å². The highest BCUT2D eigenvalue weighted by molar-refractivity contribution is 5.91. The van der Waals surface area contributed by atoms with Crippen LogP contribution >= 0.6 is 0 Å². The average Bonchev–Trinajstić information content (AvgIpc) is 2.80. The molecule has 10 heteroatoms. The van der Waals surface area contributed by atoms with Crippen LogP contribution in [0.2, 0.25) is 0 Å². The molecule has 0 atom stereocenters. The van der Waals surface area contributed by atoms with Gasteiger partial charge in [-0.2, -0.15) is 18.6 Å². The number of nitrogen functional groups attached to an aromatic ring is 1. The Morgan fingerprint density at radius 3 is 2.46 bits per heavy atom. The standard InChI is InChI=1S/C25H23F2N5O3/c1-14(2)34-21-11-10-20-23(30-21)22(15-4-7-18(8-5-15)35-25(26)27)24(33)32(31-20)17-6-9-19(28)16(12-17)13-29-3/h4-14,25H,28H2,1-3H3. The second-order valence-corrected chi connectivity index (χ2v) is 7.88. The summed E-state index contributed by atoms with van der Waals surface area (Å²) in [5.41, 5.74) is 8.61. The van der Waals surface area contributed by atoms with Crippen LogP contribution in [0.25, 0.3) is 27.8 Å². The monoisotopic (exact) mass is 479 g/mol. The van der Waals surface area contributed by atoms with Crippen molar-refractivity contribution in [3.63, 3.8) is 0 Å². The predicted octanol–water partition coefficient (Wildman–Crippen LogP) is 4.47. The van der Waals surface area contributed by atoms with Crippen molar-refractivity contribution in [2.24, 2.45) is 4.99 Å². The third-order valence-electron chi connectivity index (χ3n) is 5.01. The number of aromatic nitrogens is 3. The van der Waals surface area contributed by atoms with Gasteiger partial charge in [-0.25, -0.2) is 4.98 Å². The Labute approximate surface area is 199 Å². The number of nitrogens with zero attached hydrogens (tertiary/aromatic N) is 4. The Morgan fingerprint density at radius 2 is 1.80 bits per heavy atom. The Morgan fingerprint density at radius 1 is 1.06 bits per heavy atom. The first-order valence-electron chi connectivity index (χ1n) is 10.7. The Kier molecular flexibility index (Phi) is 6.72. The molecule has 0 aliphatic carbocycles. The Balaban J connectivity index is 1.96. The third-order valence-corrected chi connectivity index (χ3v) is 5.01. The highest BCUT2D eigenvalue weighted by Crippen LogP contribution is 2.28. The maximum absolute atomic E-state index is 13.7. The van der Waals surface area contributed by atoms with E-state index in [1.807, 2.05) is 13.8 Å². The van der Waals surface area contributed by atoms with E-state index in [4.69, 9.17) is 10.5 Å². The smallest absolute Gasteiger partial charge is 0.387 e. The molecule has 2 aromatic carbocycles. The molecule has 0 spiro atoms. The molecule has 0 saturated heterocycles. The lowest BCUT2D eigenvalue weighted by Crippen LogP contribution is -2.24. The lowest BCUT2D eigenvalue weighted by Gasteiger charge is -2.14. The van der Waals surface area contributed by atoms with E-state index in [0.29, 0.717) is 39.4 Å². The molecular formula is C25H23F2N5O3. The van der Waals surface area contributed by atoms with Gasteiger partial charge in [0.2, 0.25) is 5.88 Å². The number of benzene rings is 2. The molecule has 4 rings (SSSR count). The number of hydrogen-bond acceptors (Lipinski definition) is 7. The average molecular weight is 479 g/mol. The highest BCUT2D eigenvalue weighted by Gasteiger charge is 2.18. The predicted molar refractivity (Wildman–Crippen MR) is 131 cm³/mol. The number of ether oxygens (including phenoxy) is 2. The summed E-state index contributed by atoms with van der Waals surface area (Å²) in [4.78, 5) is 22.3. The lowest BCUT2D eigenvalue weighted by atomic mass is 10.1. The molecule has 0 unspecified atom stereocenters. The second-order valence-electron chi connectivity index (χ2n) is 7.88. The van der Waals surface area contributed by atoms with Crippen LogP contribution in [0.1, 0.15) is 19.4 Å². The first-order chi connectivity index (χ1) is 16.8. The van der Waals surface area contributed by atoms with E-state index in [2.05, 4.69) is 19.8 Å². The molecule has 180 valence electrons. The van der Waals surface area contributed by atoms with Crippen LogP contribution in [0.4, 0.5) is 14.5 Å². The zero-order chi connectivity index (χ0) is 25.1. The van der Waals surface area contributed by atoms with Gasteiger partial charge in [0.05, 0.1) is 17.4 Å². The van der Waals surface area contributed by atoms with Gasteiger partial charge in [-0.3, -0.25) is 9.79 Å². The zero-order valence-electron chi connectivity index (χ0n) is 19.3. The summed E-state index contributed by atoms with van der Waals surface area (Å²) in [6.45, 7) is 0.773. The molecule has 0 bridgehead atoms. The van der Waals surface area contributed by atoms with Crippen molar-refractivity contribution in [2.75, 3.05) is 12.8 Å². The van der Waals surface area contributed by atoms with E-state index in [1.54, 1.807) is 43.6 Å². The summed E-state index contributed by atoms with van der Waals surface area (Å²) >= 11 is 0. The van der Waals surface area contributed by atoms with Gasteiger partial charge in [0.1, 0.15) is 16.8 Å². The fraction of sp³-hybridized carbons (Fsp3) is 0.200. The summed E-state index contributed by atoms with van der Waals surface area (Å²) in [6, 6.07) is 14.2. The Bertz CT molecular complexity index is 1450. The van der Waals surface area contributed by atoms with Gasteiger partial charge in [-0.05, 0) is 55.8 Å².